The van der Waals surface area contributed by atoms with E-state index in [1.165, 1.54) is 0 Å². The van der Waals surface area contributed by atoms with Crippen LogP contribution in [0.15, 0.2) is 18.2 Å². The van der Waals surface area contributed by atoms with Gasteiger partial charge < -0.3 is 14.6 Å². The van der Waals surface area contributed by atoms with Crippen molar-refractivity contribution in [3.63, 3.8) is 0 Å². The van der Waals surface area contributed by atoms with Gasteiger partial charge in [0.15, 0.2) is 0 Å². The van der Waals surface area contributed by atoms with E-state index in [4.69, 9.17) is 21.1 Å². The Morgan fingerprint density at radius 3 is 2.76 bits per heavy atom. The van der Waals surface area contributed by atoms with Gasteiger partial charge in [0.25, 0.3) is 0 Å². The Balaban J connectivity index is 2.19. The van der Waals surface area contributed by atoms with Gasteiger partial charge in [0.1, 0.15) is 5.75 Å². The molecule has 2 rings (SSSR count). The number of hydrogen-bond donors (Lipinski definition) is 1. The summed E-state index contributed by atoms with van der Waals surface area (Å²) in [6, 6.07) is 5.48. The van der Waals surface area contributed by atoms with Crippen LogP contribution < -0.4 is 4.74 Å². The van der Waals surface area contributed by atoms with Crippen molar-refractivity contribution in [1.82, 2.24) is 0 Å². The van der Waals surface area contributed by atoms with Crippen LogP contribution in [-0.2, 0) is 11.2 Å². The summed E-state index contributed by atoms with van der Waals surface area (Å²) in [6.07, 6.45) is 1.87. The molecule has 0 aromatic heterocycles. The lowest BCUT2D eigenvalue weighted by molar-refractivity contribution is -0.0628. The second-order valence-electron chi connectivity index (χ2n) is 4.47. The topological polar surface area (TPSA) is 38.7 Å². The Hall–Kier alpha value is -0.770. The normalized spacial score (nSPS) is 19.0. The SMILES string of the molecule is COc1ccc(Cl)cc1CC1(O)CCOCC1. The van der Waals surface area contributed by atoms with Gasteiger partial charge in [-0.1, -0.05) is 11.6 Å². The molecule has 0 saturated carbocycles. The third-order valence-corrected chi connectivity index (χ3v) is 3.42. The minimum Gasteiger partial charge on any atom is -0.496 e. The van der Waals surface area contributed by atoms with Gasteiger partial charge >= 0.3 is 0 Å². The largest absolute Gasteiger partial charge is 0.496 e. The highest BCUT2D eigenvalue weighted by Gasteiger charge is 2.30. The number of halogens is 1. The Bertz CT molecular complexity index is 386. The van der Waals surface area contributed by atoms with Gasteiger partial charge in [0.05, 0.1) is 12.7 Å². The molecule has 4 heteroatoms. The van der Waals surface area contributed by atoms with Gasteiger partial charge in [-0.25, -0.2) is 0 Å². The molecule has 1 heterocycles. The molecule has 1 aromatic carbocycles. The Kier molecular flexibility index (Phi) is 3.92. The molecule has 94 valence electrons. The van der Waals surface area contributed by atoms with Gasteiger partial charge in [-0.05, 0) is 36.6 Å². The third kappa shape index (κ3) is 3.12. The first kappa shape index (κ1) is 12.7. The number of ether oxygens (including phenoxy) is 2. The predicted octanol–water partition coefficient (Wildman–Crippen LogP) is 2.43. The van der Waals surface area contributed by atoms with E-state index in [9.17, 15) is 5.11 Å². The highest BCUT2D eigenvalue weighted by Crippen LogP contribution is 2.31. The van der Waals surface area contributed by atoms with E-state index in [-0.39, 0.29) is 0 Å². The molecule has 0 amide bonds. The summed E-state index contributed by atoms with van der Waals surface area (Å²) in [5, 5.41) is 11.1. The lowest BCUT2D eigenvalue weighted by atomic mass is 9.87. The average Bonchev–Trinajstić information content (AvgIpc) is 2.29. The predicted molar refractivity (Wildman–Crippen MR) is 66.7 cm³/mol. The number of aliphatic hydroxyl groups is 1. The monoisotopic (exact) mass is 256 g/mol. The zero-order chi connectivity index (χ0) is 12.3. The fourth-order valence-electron chi connectivity index (χ4n) is 2.17. The van der Waals surface area contributed by atoms with E-state index < -0.39 is 5.60 Å². The first-order valence-electron chi connectivity index (χ1n) is 5.75. The van der Waals surface area contributed by atoms with Crippen LogP contribution in [-0.4, -0.2) is 31.0 Å². The standard InChI is InChI=1S/C13H17ClO3/c1-16-12-3-2-11(14)8-10(12)9-13(15)4-6-17-7-5-13/h2-3,8,15H,4-7,9H2,1H3. The van der Waals surface area contributed by atoms with Crippen molar-refractivity contribution < 1.29 is 14.6 Å². The fourth-order valence-corrected chi connectivity index (χ4v) is 2.36. The molecule has 0 unspecified atom stereocenters. The zero-order valence-corrected chi connectivity index (χ0v) is 10.7. The molecule has 1 fully saturated rings. The summed E-state index contributed by atoms with van der Waals surface area (Å²) in [4.78, 5) is 0. The van der Waals surface area contributed by atoms with Crippen molar-refractivity contribution in [2.75, 3.05) is 20.3 Å². The summed E-state index contributed by atoms with van der Waals surface area (Å²) in [5.74, 6) is 0.773. The lowest BCUT2D eigenvalue weighted by Gasteiger charge is -2.32. The first-order valence-corrected chi connectivity index (χ1v) is 6.13. The van der Waals surface area contributed by atoms with E-state index in [2.05, 4.69) is 0 Å². The van der Waals surface area contributed by atoms with Gasteiger partial charge in [-0.15, -0.1) is 0 Å². The van der Waals surface area contributed by atoms with Crippen LogP contribution in [0.4, 0.5) is 0 Å². The minimum absolute atomic E-state index is 0.556. The molecule has 1 aliphatic heterocycles. The van der Waals surface area contributed by atoms with Gasteiger partial charge in [0, 0.05) is 24.7 Å². The second kappa shape index (κ2) is 5.25. The first-order chi connectivity index (χ1) is 8.13. The molecule has 0 aliphatic carbocycles. The molecule has 1 N–H and O–H groups in total. The Labute approximate surface area is 106 Å². The third-order valence-electron chi connectivity index (χ3n) is 3.19. The molecule has 0 bridgehead atoms. The van der Waals surface area contributed by atoms with Crippen molar-refractivity contribution in [2.24, 2.45) is 0 Å². The number of hydrogen-bond acceptors (Lipinski definition) is 3. The maximum atomic E-state index is 10.5. The average molecular weight is 257 g/mol. The Morgan fingerprint density at radius 1 is 1.41 bits per heavy atom. The molecule has 17 heavy (non-hydrogen) atoms. The smallest absolute Gasteiger partial charge is 0.122 e. The van der Waals surface area contributed by atoms with Gasteiger partial charge in [-0.3, -0.25) is 0 Å². The molecule has 0 radical (unpaired) electrons. The van der Waals surface area contributed by atoms with Crippen molar-refractivity contribution in [3.8, 4) is 5.75 Å². The van der Waals surface area contributed by atoms with Crippen LogP contribution in [0.25, 0.3) is 0 Å². The molecule has 0 spiro atoms. The van der Waals surface area contributed by atoms with E-state index in [1.54, 1.807) is 13.2 Å². The maximum Gasteiger partial charge on any atom is 0.122 e. The van der Waals surface area contributed by atoms with Crippen LogP contribution in [0, 0.1) is 0 Å². The number of methoxy groups -OCH3 is 1. The van der Waals surface area contributed by atoms with Crippen molar-refractivity contribution in [2.45, 2.75) is 24.9 Å². The molecular weight excluding hydrogens is 240 g/mol. The fraction of sp³-hybridized carbons (Fsp3) is 0.538. The summed E-state index contributed by atoms with van der Waals surface area (Å²) in [7, 11) is 1.63. The number of benzene rings is 1. The van der Waals surface area contributed by atoms with Crippen molar-refractivity contribution in [3.05, 3.63) is 28.8 Å². The van der Waals surface area contributed by atoms with Gasteiger partial charge in [-0.2, -0.15) is 0 Å². The molecule has 3 nitrogen and oxygen atoms in total. The summed E-state index contributed by atoms with van der Waals surface area (Å²) >= 11 is 5.98. The summed E-state index contributed by atoms with van der Waals surface area (Å²) in [5.41, 5.74) is 0.250. The van der Waals surface area contributed by atoms with Crippen LogP contribution in [0.1, 0.15) is 18.4 Å². The van der Waals surface area contributed by atoms with E-state index in [0.29, 0.717) is 37.5 Å². The highest BCUT2D eigenvalue weighted by molar-refractivity contribution is 6.30. The molecular formula is C13H17ClO3. The van der Waals surface area contributed by atoms with Crippen LogP contribution in [0.2, 0.25) is 5.02 Å². The van der Waals surface area contributed by atoms with Crippen molar-refractivity contribution in [1.29, 1.82) is 0 Å². The summed E-state index contributed by atoms with van der Waals surface area (Å²) < 4.78 is 10.6. The molecule has 1 aliphatic rings. The number of rotatable bonds is 3. The summed E-state index contributed by atoms with van der Waals surface area (Å²) in [6.45, 7) is 1.22. The Morgan fingerprint density at radius 2 is 2.12 bits per heavy atom. The minimum atomic E-state index is -0.698. The van der Waals surface area contributed by atoms with E-state index >= 15 is 0 Å². The van der Waals surface area contributed by atoms with Crippen LogP contribution in [0.3, 0.4) is 0 Å². The molecule has 1 saturated heterocycles. The zero-order valence-electron chi connectivity index (χ0n) is 9.91. The van der Waals surface area contributed by atoms with Crippen LogP contribution in [0.5, 0.6) is 5.75 Å². The molecule has 1 aromatic rings. The van der Waals surface area contributed by atoms with Crippen LogP contribution >= 0.6 is 11.6 Å². The molecule has 0 atom stereocenters. The highest BCUT2D eigenvalue weighted by atomic mass is 35.5. The van der Waals surface area contributed by atoms with E-state index in [0.717, 1.165) is 11.3 Å². The quantitative estimate of drug-likeness (QED) is 0.903. The van der Waals surface area contributed by atoms with Crippen molar-refractivity contribution >= 4 is 11.6 Å². The lowest BCUT2D eigenvalue weighted by Crippen LogP contribution is -2.38. The van der Waals surface area contributed by atoms with Gasteiger partial charge in [0.2, 0.25) is 0 Å². The maximum absolute atomic E-state index is 10.5. The second-order valence-corrected chi connectivity index (χ2v) is 4.91. The van der Waals surface area contributed by atoms with E-state index in [1.807, 2.05) is 12.1 Å².